The SMILES string of the molecule is CC1CCN(C(=O)CCCN2C(=O)c3ccccc3C2=O)CC1. The van der Waals surface area contributed by atoms with E-state index in [-0.39, 0.29) is 17.7 Å². The number of benzene rings is 1. The highest BCUT2D eigenvalue weighted by Crippen LogP contribution is 2.23. The Balaban J connectivity index is 1.51. The molecule has 1 saturated heterocycles. The molecule has 1 aromatic rings. The maximum Gasteiger partial charge on any atom is 0.261 e. The van der Waals surface area contributed by atoms with Crippen molar-refractivity contribution in [2.75, 3.05) is 19.6 Å². The highest BCUT2D eigenvalue weighted by molar-refractivity contribution is 6.21. The molecule has 2 aliphatic rings. The molecular formula is C18H22N2O3. The molecule has 2 heterocycles. The molecule has 122 valence electrons. The third-order valence-electron chi connectivity index (χ3n) is 4.79. The van der Waals surface area contributed by atoms with Crippen LogP contribution in [0.5, 0.6) is 0 Å². The molecule has 5 heteroatoms. The molecule has 0 aromatic heterocycles. The Kier molecular flexibility index (Phi) is 4.46. The highest BCUT2D eigenvalue weighted by atomic mass is 16.2. The number of hydrogen-bond donors (Lipinski definition) is 0. The van der Waals surface area contributed by atoms with Gasteiger partial charge in [-0.1, -0.05) is 19.1 Å². The lowest BCUT2D eigenvalue weighted by Gasteiger charge is -2.30. The second kappa shape index (κ2) is 6.52. The standard InChI is InChI=1S/C18H22N2O3/c1-13-8-11-19(12-9-13)16(21)7-4-10-20-17(22)14-5-2-3-6-15(14)18(20)23/h2-3,5-6,13H,4,7-12H2,1H3. The van der Waals surface area contributed by atoms with Crippen LogP contribution in [0, 0.1) is 5.92 Å². The van der Waals surface area contributed by atoms with Gasteiger partial charge in [0, 0.05) is 26.1 Å². The smallest absolute Gasteiger partial charge is 0.261 e. The van der Waals surface area contributed by atoms with Gasteiger partial charge in [0.05, 0.1) is 11.1 Å². The minimum Gasteiger partial charge on any atom is -0.343 e. The fourth-order valence-electron chi connectivity index (χ4n) is 3.25. The summed E-state index contributed by atoms with van der Waals surface area (Å²) in [6.07, 6.45) is 3.03. The van der Waals surface area contributed by atoms with Gasteiger partial charge in [-0.3, -0.25) is 19.3 Å². The molecule has 23 heavy (non-hydrogen) atoms. The summed E-state index contributed by atoms with van der Waals surface area (Å²) in [4.78, 5) is 39.8. The minimum absolute atomic E-state index is 0.133. The lowest BCUT2D eigenvalue weighted by atomic mass is 9.99. The van der Waals surface area contributed by atoms with E-state index in [1.54, 1.807) is 24.3 Å². The number of imide groups is 1. The van der Waals surface area contributed by atoms with Crippen molar-refractivity contribution >= 4 is 17.7 Å². The molecular weight excluding hydrogens is 292 g/mol. The molecule has 3 rings (SSSR count). The summed E-state index contributed by atoms with van der Waals surface area (Å²) < 4.78 is 0. The van der Waals surface area contributed by atoms with Crippen LogP contribution in [0.1, 0.15) is 53.3 Å². The predicted octanol–water partition coefficient (Wildman–Crippen LogP) is 2.32. The summed E-state index contributed by atoms with van der Waals surface area (Å²) in [5.74, 6) is 0.334. The number of nitrogens with zero attached hydrogens (tertiary/aromatic N) is 2. The molecule has 0 N–H and O–H groups in total. The molecule has 0 atom stereocenters. The van der Waals surface area contributed by atoms with Crippen molar-refractivity contribution in [3.8, 4) is 0 Å². The topological polar surface area (TPSA) is 57.7 Å². The molecule has 0 radical (unpaired) electrons. The van der Waals surface area contributed by atoms with Crippen LogP contribution in [0.4, 0.5) is 0 Å². The Morgan fingerprint density at radius 1 is 1.09 bits per heavy atom. The van der Waals surface area contributed by atoms with E-state index in [1.807, 2.05) is 4.90 Å². The Hall–Kier alpha value is -2.17. The quantitative estimate of drug-likeness (QED) is 0.801. The lowest BCUT2D eigenvalue weighted by molar-refractivity contribution is -0.132. The molecule has 0 saturated carbocycles. The van der Waals surface area contributed by atoms with E-state index >= 15 is 0 Å². The first-order chi connectivity index (χ1) is 11.1. The van der Waals surface area contributed by atoms with Crippen molar-refractivity contribution in [2.45, 2.75) is 32.6 Å². The average Bonchev–Trinajstić information content (AvgIpc) is 2.81. The van der Waals surface area contributed by atoms with E-state index in [2.05, 4.69) is 6.92 Å². The Labute approximate surface area is 136 Å². The predicted molar refractivity (Wildman–Crippen MR) is 86.0 cm³/mol. The molecule has 0 unspecified atom stereocenters. The summed E-state index contributed by atoms with van der Waals surface area (Å²) >= 11 is 0. The van der Waals surface area contributed by atoms with Gasteiger partial charge in [0.1, 0.15) is 0 Å². The first kappa shape index (κ1) is 15.7. The molecule has 1 fully saturated rings. The van der Waals surface area contributed by atoms with Crippen LogP contribution in [-0.2, 0) is 4.79 Å². The molecule has 0 aliphatic carbocycles. The van der Waals surface area contributed by atoms with E-state index < -0.39 is 0 Å². The third-order valence-corrected chi connectivity index (χ3v) is 4.79. The first-order valence-corrected chi connectivity index (χ1v) is 8.31. The molecule has 0 bridgehead atoms. The van der Waals surface area contributed by atoms with Gasteiger partial charge in [-0.2, -0.15) is 0 Å². The van der Waals surface area contributed by atoms with Gasteiger partial charge >= 0.3 is 0 Å². The van der Waals surface area contributed by atoms with Crippen molar-refractivity contribution in [1.82, 2.24) is 9.80 Å². The van der Waals surface area contributed by atoms with E-state index in [4.69, 9.17) is 0 Å². The Morgan fingerprint density at radius 3 is 2.22 bits per heavy atom. The van der Waals surface area contributed by atoms with Crippen molar-refractivity contribution in [1.29, 1.82) is 0 Å². The maximum atomic E-state index is 12.2. The number of piperidine rings is 1. The maximum absolute atomic E-state index is 12.2. The fourth-order valence-corrected chi connectivity index (χ4v) is 3.25. The second-order valence-electron chi connectivity index (χ2n) is 6.47. The van der Waals surface area contributed by atoms with Crippen LogP contribution in [0.3, 0.4) is 0 Å². The summed E-state index contributed by atoms with van der Waals surface area (Å²) in [6, 6.07) is 6.87. The lowest BCUT2D eigenvalue weighted by Crippen LogP contribution is -2.38. The highest BCUT2D eigenvalue weighted by Gasteiger charge is 2.34. The van der Waals surface area contributed by atoms with E-state index in [9.17, 15) is 14.4 Å². The number of likely N-dealkylation sites (tertiary alicyclic amines) is 1. The van der Waals surface area contributed by atoms with Crippen LogP contribution < -0.4 is 0 Å². The van der Waals surface area contributed by atoms with Crippen molar-refractivity contribution in [3.05, 3.63) is 35.4 Å². The number of carbonyl (C=O) groups excluding carboxylic acids is 3. The zero-order valence-electron chi connectivity index (χ0n) is 13.5. The number of rotatable bonds is 4. The van der Waals surface area contributed by atoms with Gasteiger partial charge in [-0.15, -0.1) is 0 Å². The summed E-state index contributed by atoms with van der Waals surface area (Å²) in [7, 11) is 0. The number of carbonyl (C=O) groups is 3. The van der Waals surface area contributed by atoms with Gasteiger partial charge < -0.3 is 4.90 Å². The monoisotopic (exact) mass is 314 g/mol. The van der Waals surface area contributed by atoms with Crippen LogP contribution in [0.25, 0.3) is 0 Å². The zero-order valence-corrected chi connectivity index (χ0v) is 13.5. The number of fused-ring (bicyclic) bond motifs is 1. The fraction of sp³-hybridized carbons (Fsp3) is 0.500. The van der Waals surface area contributed by atoms with Crippen molar-refractivity contribution in [3.63, 3.8) is 0 Å². The molecule has 5 nitrogen and oxygen atoms in total. The van der Waals surface area contributed by atoms with Gasteiger partial charge in [0.2, 0.25) is 5.91 Å². The summed E-state index contributed by atoms with van der Waals surface area (Å²) in [5.41, 5.74) is 0.933. The third kappa shape index (κ3) is 3.14. The van der Waals surface area contributed by atoms with Gasteiger partial charge in [-0.25, -0.2) is 0 Å². The second-order valence-corrected chi connectivity index (χ2v) is 6.47. The summed E-state index contributed by atoms with van der Waals surface area (Å²) in [6.45, 7) is 4.17. The summed E-state index contributed by atoms with van der Waals surface area (Å²) in [5, 5.41) is 0. The zero-order chi connectivity index (χ0) is 16.4. The van der Waals surface area contributed by atoms with Crippen LogP contribution in [-0.4, -0.2) is 47.2 Å². The number of hydrogen-bond acceptors (Lipinski definition) is 3. The largest absolute Gasteiger partial charge is 0.343 e. The van der Waals surface area contributed by atoms with E-state index in [0.29, 0.717) is 36.4 Å². The van der Waals surface area contributed by atoms with Crippen molar-refractivity contribution in [2.24, 2.45) is 5.92 Å². The average molecular weight is 314 g/mol. The molecule has 0 spiro atoms. The van der Waals surface area contributed by atoms with Crippen molar-refractivity contribution < 1.29 is 14.4 Å². The van der Waals surface area contributed by atoms with Crippen LogP contribution >= 0.6 is 0 Å². The van der Waals surface area contributed by atoms with Gasteiger partial charge in [0.25, 0.3) is 11.8 Å². The van der Waals surface area contributed by atoms with Crippen LogP contribution in [0.2, 0.25) is 0 Å². The van der Waals surface area contributed by atoms with Gasteiger partial charge in [-0.05, 0) is 37.3 Å². The number of amides is 3. The normalized spacial score (nSPS) is 18.5. The minimum atomic E-state index is -0.246. The van der Waals surface area contributed by atoms with Crippen LogP contribution in [0.15, 0.2) is 24.3 Å². The Morgan fingerprint density at radius 2 is 1.65 bits per heavy atom. The van der Waals surface area contributed by atoms with E-state index in [1.165, 1.54) is 4.90 Å². The first-order valence-electron chi connectivity index (χ1n) is 8.31. The van der Waals surface area contributed by atoms with E-state index in [0.717, 1.165) is 25.9 Å². The Bertz CT molecular complexity index is 598. The molecule has 2 aliphatic heterocycles. The van der Waals surface area contributed by atoms with Gasteiger partial charge in [0.15, 0.2) is 0 Å². The molecule has 3 amide bonds. The molecule has 1 aromatic carbocycles.